The zero-order valence-electron chi connectivity index (χ0n) is 18.5. The van der Waals surface area contributed by atoms with Crippen LogP contribution in [0.4, 0.5) is 11.4 Å². The molecule has 2 aliphatic heterocycles. The van der Waals surface area contributed by atoms with Crippen LogP contribution < -0.4 is 15.5 Å². The summed E-state index contributed by atoms with van der Waals surface area (Å²) in [6, 6.07) is 14.3. The van der Waals surface area contributed by atoms with Gasteiger partial charge in [-0.15, -0.1) is 0 Å². The monoisotopic (exact) mass is 420 g/mol. The van der Waals surface area contributed by atoms with Crippen molar-refractivity contribution in [3.63, 3.8) is 0 Å². The second kappa shape index (κ2) is 9.52. The number of aryl methyl sites for hydroxylation is 1. The summed E-state index contributed by atoms with van der Waals surface area (Å²) >= 11 is 0. The Labute approximate surface area is 184 Å². The molecule has 0 bridgehead atoms. The van der Waals surface area contributed by atoms with Gasteiger partial charge in [0.25, 0.3) is 0 Å². The van der Waals surface area contributed by atoms with Gasteiger partial charge < -0.3 is 15.5 Å². The molecule has 1 fully saturated rings. The van der Waals surface area contributed by atoms with Crippen LogP contribution >= 0.6 is 0 Å². The van der Waals surface area contributed by atoms with Crippen molar-refractivity contribution in [3.8, 4) is 0 Å². The highest BCUT2D eigenvalue weighted by Crippen LogP contribution is 2.32. The summed E-state index contributed by atoms with van der Waals surface area (Å²) in [5.41, 5.74) is 5.70. The lowest BCUT2D eigenvalue weighted by molar-refractivity contribution is -0.136. The van der Waals surface area contributed by atoms with Crippen molar-refractivity contribution >= 4 is 23.2 Å². The van der Waals surface area contributed by atoms with Gasteiger partial charge in [-0.05, 0) is 73.7 Å². The van der Waals surface area contributed by atoms with E-state index in [9.17, 15) is 9.59 Å². The third kappa shape index (κ3) is 4.90. The molecule has 0 aromatic heterocycles. The van der Waals surface area contributed by atoms with Crippen LogP contribution in [0.1, 0.15) is 42.5 Å². The molecule has 4 rings (SSSR count). The number of benzene rings is 2. The minimum atomic E-state index is -0.625. The van der Waals surface area contributed by atoms with Crippen LogP contribution in [0, 0.1) is 0 Å². The second-order valence-corrected chi connectivity index (χ2v) is 8.53. The molecule has 1 atom stereocenters. The summed E-state index contributed by atoms with van der Waals surface area (Å²) in [6.07, 6.45) is 4.34. The smallest absolute Gasteiger partial charge is 0.313 e. The van der Waals surface area contributed by atoms with Crippen molar-refractivity contribution < 1.29 is 9.59 Å². The number of nitrogens with zero attached hydrogens (tertiary/aromatic N) is 2. The molecule has 0 spiro atoms. The molecule has 0 aliphatic carbocycles. The van der Waals surface area contributed by atoms with Crippen molar-refractivity contribution in [2.45, 2.75) is 38.6 Å². The van der Waals surface area contributed by atoms with Gasteiger partial charge in [0.05, 0.1) is 6.04 Å². The maximum absolute atomic E-state index is 12.5. The molecule has 6 heteroatoms. The quantitative estimate of drug-likeness (QED) is 0.705. The van der Waals surface area contributed by atoms with E-state index in [0.29, 0.717) is 12.2 Å². The van der Waals surface area contributed by atoms with Gasteiger partial charge in [-0.3, -0.25) is 14.5 Å². The number of anilines is 2. The van der Waals surface area contributed by atoms with Crippen LogP contribution in [0.2, 0.25) is 0 Å². The number of carbonyl (C=O) groups excluding carboxylic acids is 2. The SMILES string of the molecule is CCc1ccc(NC(=O)C(=O)NC[C@H](c2ccc3c(c2)CCN3C)N2CCCC2)cc1. The molecule has 164 valence electrons. The van der Waals surface area contributed by atoms with Gasteiger partial charge in [-0.2, -0.15) is 0 Å². The van der Waals surface area contributed by atoms with E-state index in [1.165, 1.54) is 35.2 Å². The number of likely N-dealkylation sites (tertiary alicyclic amines) is 1. The molecule has 2 N–H and O–H groups in total. The van der Waals surface area contributed by atoms with Gasteiger partial charge in [0.15, 0.2) is 0 Å². The van der Waals surface area contributed by atoms with Gasteiger partial charge in [0, 0.05) is 31.5 Å². The number of carbonyl (C=O) groups is 2. The average Bonchev–Trinajstić information content (AvgIpc) is 3.44. The molecular formula is C25H32N4O2. The fourth-order valence-corrected chi connectivity index (χ4v) is 4.59. The zero-order valence-corrected chi connectivity index (χ0v) is 18.5. The molecule has 1 saturated heterocycles. The molecule has 2 aromatic rings. The van der Waals surface area contributed by atoms with Crippen molar-refractivity contribution in [1.82, 2.24) is 10.2 Å². The van der Waals surface area contributed by atoms with E-state index < -0.39 is 11.8 Å². The van der Waals surface area contributed by atoms with Gasteiger partial charge in [0.2, 0.25) is 0 Å². The van der Waals surface area contributed by atoms with Crippen molar-refractivity contribution in [2.75, 3.05) is 43.4 Å². The largest absolute Gasteiger partial charge is 0.374 e. The topological polar surface area (TPSA) is 64.7 Å². The van der Waals surface area contributed by atoms with Crippen LogP contribution in [-0.2, 0) is 22.4 Å². The summed E-state index contributed by atoms with van der Waals surface area (Å²) in [6.45, 7) is 5.59. The number of amides is 2. The molecule has 0 unspecified atom stereocenters. The van der Waals surface area contributed by atoms with Crippen LogP contribution in [-0.4, -0.2) is 49.9 Å². The van der Waals surface area contributed by atoms with Crippen LogP contribution in [0.3, 0.4) is 0 Å². The first kappa shape index (κ1) is 21.4. The van der Waals surface area contributed by atoms with E-state index in [1.54, 1.807) is 0 Å². The van der Waals surface area contributed by atoms with Gasteiger partial charge in [-0.25, -0.2) is 0 Å². The number of hydrogen-bond acceptors (Lipinski definition) is 4. The van der Waals surface area contributed by atoms with Crippen LogP contribution in [0.15, 0.2) is 42.5 Å². The number of hydrogen-bond donors (Lipinski definition) is 2. The Balaban J connectivity index is 1.41. The number of fused-ring (bicyclic) bond motifs is 1. The first-order valence-corrected chi connectivity index (χ1v) is 11.3. The molecular weight excluding hydrogens is 388 g/mol. The normalized spacial score (nSPS) is 16.8. The highest BCUT2D eigenvalue weighted by atomic mass is 16.2. The molecule has 2 aliphatic rings. The van der Waals surface area contributed by atoms with E-state index in [2.05, 4.69) is 52.6 Å². The third-order valence-corrected chi connectivity index (χ3v) is 6.48. The van der Waals surface area contributed by atoms with E-state index >= 15 is 0 Å². The van der Waals surface area contributed by atoms with Gasteiger partial charge >= 0.3 is 11.8 Å². The zero-order chi connectivity index (χ0) is 21.8. The average molecular weight is 421 g/mol. The summed E-state index contributed by atoms with van der Waals surface area (Å²) in [4.78, 5) is 29.6. The molecule has 0 saturated carbocycles. The fourth-order valence-electron chi connectivity index (χ4n) is 4.59. The first-order valence-electron chi connectivity index (χ1n) is 11.3. The lowest BCUT2D eigenvalue weighted by Gasteiger charge is -2.28. The van der Waals surface area contributed by atoms with E-state index in [4.69, 9.17) is 0 Å². The Morgan fingerprint density at radius 3 is 2.45 bits per heavy atom. The molecule has 2 aromatic carbocycles. The van der Waals surface area contributed by atoms with Crippen LogP contribution in [0.25, 0.3) is 0 Å². The van der Waals surface area contributed by atoms with Crippen LogP contribution in [0.5, 0.6) is 0 Å². The molecule has 31 heavy (non-hydrogen) atoms. The summed E-state index contributed by atoms with van der Waals surface area (Å²) < 4.78 is 0. The Kier molecular flexibility index (Phi) is 6.56. The standard InChI is InChI=1S/C25H32N4O2/c1-3-18-6-9-21(10-7-18)27-25(31)24(30)26-17-23(29-13-4-5-14-29)19-8-11-22-20(16-19)12-15-28(22)2/h6-11,16,23H,3-5,12-15,17H2,1-2H3,(H,26,30)(H,27,31)/t23-/m1/s1. The number of likely N-dealkylation sites (N-methyl/N-ethyl adjacent to an activating group) is 1. The van der Waals surface area contributed by atoms with Gasteiger partial charge in [-0.1, -0.05) is 31.2 Å². The van der Waals surface area contributed by atoms with Crippen molar-refractivity contribution in [2.24, 2.45) is 0 Å². The molecule has 2 amide bonds. The second-order valence-electron chi connectivity index (χ2n) is 8.53. The summed E-state index contributed by atoms with van der Waals surface area (Å²) in [5, 5.41) is 5.57. The lowest BCUT2D eigenvalue weighted by Crippen LogP contribution is -2.41. The van der Waals surface area contributed by atoms with Gasteiger partial charge in [0.1, 0.15) is 0 Å². The summed E-state index contributed by atoms with van der Waals surface area (Å²) in [7, 11) is 2.12. The predicted molar refractivity (Wildman–Crippen MR) is 124 cm³/mol. The van der Waals surface area contributed by atoms with E-state index in [0.717, 1.165) is 32.5 Å². The van der Waals surface area contributed by atoms with Crippen molar-refractivity contribution in [3.05, 3.63) is 59.2 Å². The maximum atomic E-state index is 12.5. The van der Waals surface area contributed by atoms with Crippen molar-refractivity contribution in [1.29, 1.82) is 0 Å². The molecule has 0 radical (unpaired) electrons. The Morgan fingerprint density at radius 2 is 1.74 bits per heavy atom. The maximum Gasteiger partial charge on any atom is 0.313 e. The minimum absolute atomic E-state index is 0.0827. The Morgan fingerprint density at radius 1 is 1.00 bits per heavy atom. The predicted octanol–water partition coefficient (Wildman–Crippen LogP) is 3.13. The molecule has 2 heterocycles. The van der Waals surface area contributed by atoms with E-state index in [1.807, 2.05) is 24.3 Å². The fraction of sp³-hybridized carbons (Fsp3) is 0.440. The highest BCUT2D eigenvalue weighted by molar-refractivity contribution is 6.39. The number of nitrogens with one attached hydrogen (secondary N) is 2. The minimum Gasteiger partial charge on any atom is -0.374 e. The first-order chi connectivity index (χ1) is 15.0. The summed E-state index contributed by atoms with van der Waals surface area (Å²) in [5.74, 6) is -1.22. The molecule has 6 nitrogen and oxygen atoms in total. The number of rotatable bonds is 6. The third-order valence-electron chi connectivity index (χ3n) is 6.48. The van der Waals surface area contributed by atoms with E-state index in [-0.39, 0.29) is 6.04 Å². The highest BCUT2D eigenvalue weighted by Gasteiger charge is 2.27. The lowest BCUT2D eigenvalue weighted by atomic mass is 10.0. The Bertz CT molecular complexity index is 935. The Hall–Kier alpha value is -2.86.